The highest BCUT2D eigenvalue weighted by molar-refractivity contribution is 6.30. The lowest BCUT2D eigenvalue weighted by Gasteiger charge is -2.15. The maximum atomic E-state index is 6.07. The fourth-order valence-corrected chi connectivity index (χ4v) is 14.6. The van der Waals surface area contributed by atoms with E-state index >= 15 is 0 Å². The maximum absolute atomic E-state index is 6.07. The lowest BCUT2D eigenvalue weighted by molar-refractivity contribution is 1.02. The summed E-state index contributed by atoms with van der Waals surface area (Å²) >= 11 is 6.07. The van der Waals surface area contributed by atoms with Crippen molar-refractivity contribution in [2.45, 2.75) is 7.43 Å². The Morgan fingerprint density at radius 2 is 0.708 bits per heavy atom. The van der Waals surface area contributed by atoms with Crippen LogP contribution in [0.3, 0.4) is 0 Å². The van der Waals surface area contributed by atoms with Crippen LogP contribution in [-0.4, -0.2) is 29.5 Å². The van der Waals surface area contributed by atoms with E-state index in [9.17, 15) is 0 Å². The highest BCUT2D eigenvalue weighted by atomic mass is 35.5. The normalized spacial score (nSPS) is 11.5. The molecule has 452 valence electrons. The van der Waals surface area contributed by atoms with Gasteiger partial charge in [-0.15, -0.1) is 0 Å². The summed E-state index contributed by atoms with van der Waals surface area (Å²) in [6.45, 7) is 0. The van der Waals surface area contributed by atoms with Crippen molar-refractivity contribution in [1.29, 1.82) is 0 Å². The lowest BCUT2D eigenvalue weighted by atomic mass is 9.94. The Morgan fingerprint density at radius 1 is 0.281 bits per heavy atom. The summed E-state index contributed by atoms with van der Waals surface area (Å²) in [6.07, 6.45) is 0. The van der Waals surface area contributed by atoms with Crippen molar-refractivity contribution in [3.05, 3.63) is 333 Å². The number of para-hydroxylation sites is 2. The van der Waals surface area contributed by atoms with Gasteiger partial charge in [0.2, 0.25) is 11.2 Å². The molecule has 4 aromatic heterocycles. The monoisotopic (exact) mass is 1250 g/mol. The van der Waals surface area contributed by atoms with Crippen LogP contribution in [0.1, 0.15) is 7.43 Å². The molecule has 20 aromatic rings. The summed E-state index contributed by atoms with van der Waals surface area (Å²) in [5, 5.41) is 22.1. The second-order valence-corrected chi connectivity index (χ2v) is 24.6. The number of benzene rings is 16. The van der Waals surface area contributed by atoms with Crippen LogP contribution in [0.15, 0.2) is 328 Å². The molecule has 4 heterocycles. The van der Waals surface area contributed by atoms with Gasteiger partial charge < -0.3 is 4.98 Å². The fourth-order valence-electron chi connectivity index (χ4n) is 14.4. The molecule has 0 saturated heterocycles. The van der Waals surface area contributed by atoms with Gasteiger partial charge >= 0.3 is 0 Å². The van der Waals surface area contributed by atoms with Crippen LogP contribution < -0.4 is 0 Å². The first-order valence-corrected chi connectivity index (χ1v) is 32.4. The number of H-pyrrole nitrogens is 1. The third-order valence-corrected chi connectivity index (χ3v) is 18.9. The Morgan fingerprint density at radius 3 is 1.30 bits per heavy atom. The number of halogens is 1. The van der Waals surface area contributed by atoms with Gasteiger partial charge in [0.05, 0.1) is 39.0 Å². The summed E-state index contributed by atoms with van der Waals surface area (Å²) < 4.78 is 2.31. The fraction of sp³-hybridized carbons (Fsp3) is 0.0112. The van der Waals surface area contributed by atoms with Gasteiger partial charge in [0, 0.05) is 60.1 Å². The summed E-state index contributed by atoms with van der Waals surface area (Å²) in [4.78, 5) is 23.2. The predicted molar refractivity (Wildman–Crippen MR) is 408 cm³/mol. The summed E-state index contributed by atoms with van der Waals surface area (Å²) in [6, 6.07) is 116. The van der Waals surface area contributed by atoms with Crippen LogP contribution in [0.25, 0.3) is 181 Å². The first-order chi connectivity index (χ1) is 47.0. The number of nitrogens with one attached hydrogen (secondary N) is 1. The van der Waals surface area contributed by atoms with Gasteiger partial charge in [0.25, 0.3) is 0 Å². The SMILES string of the molecule is C.Clc1nc(-c2ccc3ccccc3c2)c2ccccc2n1.c1ccc(-c2c3ccccc3cc3c2[nH]c2ccc4ccccc4c23)cc1.c1ccc(-c2c3ccccc3cc3c4c5ccccc5ccc4n(-c4nc(-c5ccc6ccccc6c5)c5ccccc5n4)c23)cc1. The minimum Gasteiger partial charge on any atom is -0.354 e. The number of nitrogens with zero attached hydrogens (tertiary/aromatic N) is 5. The van der Waals surface area contributed by atoms with Crippen molar-refractivity contribution in [3.8, 4) is 50.7 Å². The maximum Gasteiger partial charge on any atom is 0.235 e. The van der Waals surface area contributed by atoms with Crippen LogP contribution in [0.5, 0.6) is 0 Å². The van der Waals surface area contributed by atoms with Crippen LogP contribution in [0.2, 0.25) is 5.28 Å². The first-order valence-electron chi connectivity index (χ1n) is 32.0. The molecule has 96 heavy (non-hydrogen) atoms. The zero-order valence-corrected chi connectivity index (χ0v) is 52.0. The lowest BCUT2D eigenvalue weighted by Crippen LogP contribution is -2.04. The third-order valence-electron chi connectivity index (χ3n) is 18.7. The highest BCUT2D eigenvalue weighted by Gasteiger charge is 2.24. The minimum absolute atomic E-state index is 0. The van der Waals surface area contributed by atoms with Crippen molar-refractivity contribution in [2.24, 2.45) is 0 Å². The van der Waals surface area contributed by atoms with E-state index in [4.69, 9.17) is 21.6 Å². The molecule has 0 atom stereocenters. The van der Waals surface area contributed by atoms with Crippen molar-refractivity contribution < 1.29 is 0 Å². The molecule has 7 heteroatoms. The molecular weight excluding hydrogens is 1190 g/mol. The van der Waals surface area contributed by atoms with Gasteiger partial charge in [-0.1, -0.05) is 286 Å². The second-order valence-electron chi connectivity index (χ2n) is 24.2. The number of aromatic amines is 1. The Balaban J connectivity index is 0.000000120. The third kappa shape index (κ3) is 9.90. The minimum atomic E-state index is 0. The Labute approximate surface area is 558 Å². The van der Waals surface area contributed by atoms with Gasteiger partial charge in [0.15, 0.2) is 0 Å². The van der Waals surface area contributed by atoms with E-state index < -0.39 is 0 Å². The van der Waals surface area contributed by atoms with E-state index in [0.29, 0.717) is 5.95 Å². The van der Waals surface area contributed by atoms with Gasteiger partial charge in [-0.05, 0) is 136 Å². The molecule has 0 fully saturated rings. The molecular formula is C89H59ClN6. The quantitative estimate of drug-likeness (QED) is 0.174. The molecule has 0 aliphatic rings. The van der Waals surface area contributed by atoms with E-state index in [1.54, 1.807) is 0 Å². The average Bonchev–Trinajstić information content (AvgIpc) is 1.55. The number of rotatable bonds is 5. The van der Waals surface area contributed by atoms with Crippen molar-refractivity contribution in [3.63, 3.8) is 0 Å². The molecule has 0 unspecified atom stereocenters. The number of fused-ring (bicyclic) bond motifs is 16. The van der Waals surface area contributed by atoms with E-state index in [1.165, 1.54) is 119 Å². The first kappa shape index (κ1) is 57.5. The van der Waals surface area contributed by atoms with E-state index in [1.807, 2.05) is 36.4 Å². The van der Waals surface area contributed by atoms with Crippen LogP contribution in [-0.2, 0) is 0 Å². The summed E-state index contributed by atoms with van der Waals surface area (Å²) in [5.74, 6) is 0.662. The van der Waals surface area contributed by atoms with Gasteiger partial charge in [-0.25, -0.2) is 19.9 Å². The Hall–Kier alpha value is -12.4. The smallest absolute Gasteiger partial charge is 0.235 e. The molecule has 0 aliphatic carbocycles. The topological polar surface area (TPSA) is 72.3 Å². The van der Waals surface area contributed by atoms with Crippen molar-refractivity contribution >= 4 is 142 Å². The van der Waals surface area contributed by atoms with E-state index in [-0.39, 0.29) is 12.7 Å². The number of hydrogen-bond acceptors (Lipinski definition) is 4. The molecule has 6 nitrogen and oxygen atoms in total. The molecule has 1 N–H and O–H groups in total. The molecule has 0 bridgehead atoms. The standard InChI is InChI=1S/C44H27N3.C26H17N.C18H11ClN2.CH4/c1-2-14-30(15-3-1)40-35-19-9-7-17-32(35)27-37-41-34-18-8-6-13-29(34)24-25-39(41)47(43(37)40)44-45-38-21-11-10-20-36(38)42(46-44)33-23-22-28-12-4-5-16-31(28)26-33;1-2-9-18(10-3-1)24-21-13-7-5-11-19(21)16-22-25-20-12-6-4-8-17(20)14-15-23(25)27-26(22)24;19-18-20-16-8-4-3-7-15(16)17(21-18)14-10-9-12-5-1-2-6-13(12)11-14;/h1-27H;1-16,27H;1-11H;1H4. The van der Waals surface area contributed by atoms with Crippen molar-refractivity contribution in [1.82, 2.24) is 29.5 Å². The zero-order valence-electron chi connectivity index (χ0n) is 51.3. The molecule has 0 amide bonds. The highest BCUT2D eigenvalue weighted by Crippen LogP contribution is 2.46. The molecule has 0 saturated carbocycles. The van der Waals surface area contributed by atoms with E-state index in [2.05, 4.69) is 311 Å². The summed E-state index contributed by atoms with van der Waals surface area (Å²) in [5.41, 5.74) is 15.2. The average molecular weight is 1250 g/mol. The van der Waals surface area contributed by atoms with Crippen molar-refractivity contribution in [2.75, 3.05) is 0 Å². The van der Waals surface area contributed by atoms with Crippen LogP contribution >= 0.6 is 11.6 Å². The molecule has 0 aliphatic heterocycles. The van der Waals surface area contributed by atoms with Crippen LogP contribution in [0, 0.1) is 0 Å². The van der Waals surface area contributed by atoms with Gasteiger partial charge in [-0.3, -0.25) is 4.57 Å². The van der Waals surface area contributed by atoms with Gasteiger partial charge in [-0.2, -0.15) is 0 Å². The molecule has 20 rings (SSSR count). The molecule has 0 spiro atoms. The van der Waals surface area contributed by atoms with Crippen LogP contribution in [0.4, 0.5) is 0 Å². The second kappa shape index (κ2) is 24.0. The Bertz CT molecular complexity index is 6430. The van der Waals surface area contributed by atoms with E-state index in [0.717, 1.165) is 55.4 Å². The van der Waals surface area contributed by atoms with Gasteiger partial charge in [0.1, 0.15) is 0 Å². The predicted octanol–water partition coefficient (Wildman–Crippen LogP) is 24.6. The number of aromatic nitrogens is 6. The zero-order chi connectivity index (χ0) is 62.9. The Kier molecular flexibility index (Phi) is 14.4. The molecule has 0 radical (unpaired) electrons. The largest absolute Gasteiger partial charge is 0.354 e. The summed E-state index contributed by atoms with van der Waals surface area (Å²) in [7, 11) is 0. The molecule has 16 aromatic carbocycles. The number of hydrogen-bond donors (Lipinski definition) is 1.